The van der Waals surface area contributed by atoms with E-state index in [1.54, 1.807) is 19.2 Å². The van der Waals surface area contributed by atoms with Gasteiger partial charge in [0.2, 0.25) is 0 Å². The largest absolute Gasteiger partial charge is 0.493 e. The summed E-state index contributed by atoms with van der Waals surface area (Å²) in [5.41, 5.74) is 2.12. The van der Waals surface area contributed by atoms with Crippen molar-refractivity contribution in [3.05, 3.63) is 63.7 Å². The first-order chi connectivity index (χ1) is 13.0. The molecule has 0 unspecified atom stereocenters. The summed E-state index contributed by atoms with van der Waals surface area (Å²) in [5.74, 6) is 1.35. The van der Waals surface area contributed by atoms with Gasteiger partial charge >= 0.3 is 0 Å². The Bertz CT molecular complexity index is 779. The van der Waals surface area contributed by atoms with Crippen LogP contribution in [0.25, 0.3) is 0 Å². The van der Waals surface area contributed by atoms with Gasteiger partial charge in [-0.25, -0.2) is 0 Å². The van der Waals surface area contributed by atoms with Crippen molar-refractivity contribution in [3.8, 4) is 11.5 Å². The normalized spacial score (nSPS) is 17.5. The number of benzene rings is 2. The predicted molar refractivity (Wildman–Crippen MR) is 103 cm³/mol. The van der Waals surface area contributed by atoms with Crippen LogP contribution in [-0.4, -0.2) is 42.6 Å². The van der Waals surface area contributed by atoms with E-state index in [2.05, 4.69) is 23.2 Å². The van der Waals surface area contributed by atoms with Crippen molar-refractivity contribution in [1.29, 1.82) is 0 Å². The second kappa shape index (κ2) is 8.83. The average molecular weight is 371 g/mol. The Labute approximate surface area is 159 Å². The van der Waals surface area contributed by atoms with E-state index >= 15 is 0 Å². The van der Waals surface area contributed by atoms with E-state index in [9.17, 15) is 10.1 Å². The molecule has 1 heterocycles. The number of nitrogens with one attached hydrogen (secondary N) is 1. The van der Waals surface area contributed by atoms with Crippen LogP contribution in [0.5, 0.6) is 11.5 Å². The first-order valence-electron chi connectivity index (χ1n) is 9.04. The van der Waals surface area contributed by atoms with Crippen LogP contribution in [0.4, 0.5) is 5.69 Å². The molecule has 1 fully saturated rings. The van der Waals surface area contributed by atoms with Gasteiger partial charge in [0.25, 0.3) is 5.69 Å². The van der Waals surface area contributed by atoms with Crippen LogP contribution in [0.1, 0.15) is 18.1 Å². The Kier molecular flexibility index (Phi) is 6.26. The highest BCUT2D eigenvalue weighted by Gasteiger charge is 2.16. The third kappa shape index (κ3) is 5.18. The van der Waals surface area contributed by atoms with Gasteiger partial charge in [-0.3, -0.25) is 15.0 Å². The lowest BCUT2D eigenvalue weighted by Gasteiger charge is -2.31. The summed E-state index contributed by atoms with van der Waals surface area (Å²) in [6, 6.07) is 12.9. The summed E-state index contributed by atoms with van der Waals surface area (Å²) in [6.45, 7) is 6.47. The molecule has 1 aliphatic heterocycles. The summed E-state index contributed by atoms with van der Waals surface area (Å²) in [7, 11) is 1.63. The molecular formula is C20H25N3O4. The second-order valence-electron chi connectivity index (χ2n) is 6.79. The Morgan fingerprint density at radius 1 is 1.19 bits per heavy atom. The van der Waals surface area contributed by atoms with Crippen LogP contribution in [0.3, 0.4) is 0 Å². The maximum Gasteiger partial charge on any atom is 0.269 e. The third-order valence-electron chi connectivity index (χ3n) is 4.63. The lowest BCUT2D eigenvalue weighted by molar-refractivity contribution is -0.384. The zero-order chi connectivity index (χ0) is 19.2. The summed E-state index contributed by atoms with van der Waals surface area (Å²) < 4.78 is 11.3. The molecule has 0 radical (unpaired) electrons. The Hall–Kier alpha value is -2.64. The number of nitrogens with zero attached hydrogens (tertiary/aromatic N) is 2. The van der Waals surface area contributed by atoms with Gasteiger partial charge in [-0.15, -0.1) is 0 Å². The fraction of sp³-hybridized carbons (Fsp3) is 0.400. The predicted octanol–water partition coefficient (Wildman–Crippen LogP) is 2.98. The standard InChI is InChI=1S/C20H25N3O4/c1-15-12-22(10-9-21-15)13-17-5-8-19(20(11-17)26-2)27-14-16-3-6-18(7-4-16)23(24)25/h3-8,11,15,21H,9-10,12-14H2,1-2H3/t15-/m0/s1. The SMILES string of the molecule is COc1cc(CN2CCN[C@@H](C)C2)ccc1OCc1ccc([N+](=O)[O-])cc1. The monoisotopic (exact) mass is 371 g/mol. The third-order valence-corrected chi connectivity index (χ3v) is 4.63. The van der Waals surface area contributed by atoms with Crippen LogP contribution >= 0.6 is 0 Å². The number of nitro benzene ring substituents is 1. The molecule has 0 amide bonds. The second-order valence-corrected chi connectivity index (χ2v) is 6.79. The molecule has 0 saturated carbocycles. The Morgan fingerprint density at radius 2 is 1.93 bits per heavy atom. The van der Waals surface area contributed by atoms with E-state index < -0.39 is 4.92 Å². The number of nitro groups is 1. The quantitative estimate of drug-likeness (QED) is 0.596. The maximum absolute atomic E-state index is 10.7. The van der Waals surface area contributed by atoms with Gasteiger partial charge in [-0.1, -0.05) is 6.07 Å². The summed E-state index contributed by atoms with van der Waals surface area (Å²) in [6.07, 6.45) is 0. The molecule has 7 nitrogen and oxygen atoms in total. The first kappa shape index (κ1) is 19.1. The van der Waals surface area contributed by atoms with Gasteiger partial charge in [0, 0.05) is 44.4 Å². The summed E-state index contributed by atoms with van der Waals surface area (Å²) in [4.78, 5) is 12.7. The van der Waals surface area contributed by atoms with E-state index in [-0.39, 0.29) is 5.69 Å². The van der Waals surface area contributed by atoms with Crippen molar-refractivity contribution in [2.45, 2.75) is 26.1 Å². The van der Waals surface area contributed by atoms with E-state index in [1.807, 2.05) is 12.1 Å². The van der Waals surface area contributed by atoms with Gasteiger partial charge < -0.3 is 14.8 Å². The van der Waals surface area contributed by atoms with Crippen LogP contribution in [-0.2, 0) is 13.2 Å². The minimum Gasteiger partial charge on any atom is -0.493 e. The highest BCUT2D eigenvalue weighted by molar-refractivity contribution is 5.43. The van der Waals surface area contributed by atoms with Crippen molar-refractivity contribution in [2.75, 3.05) is 26.7 Å². The number of non-ortho nitro benzene ring substituents is 1. The van der Waals surface area contributed by atoms with E-state index in [0.717, 1.165) is 31.7 Å². The Balaban J connectivity index is 1.62. The minimum atomic E-state index is -0.411. The van der Waals surface area contributed by atoms with E-state index in [4.69, 9.17) is 9.47 Å². The highest BCUT2D eigenvalue weighted by atomic mass is 16.6. The minimum absolute atomic E-state index is 0.0721. The van der Waals surface area contributed by atoms with Crippen molar-refractivity contribution in [2.24, 2.45) is 0 Å². The van der Waals surface area contributed by atoms with Gasteiger partial charge in [0.15, 0.2) is 11.5 Å². The van der Waals surface area contributed by atoms with Crippen molar-refractivity contribution < 1.29 is 14.4 Å². The fourth-order valence-electron chi connectivity index (χ4n) is 3.22. The zero-order valence-electron chi connectivity index (χ0n) is 15.7. The lowest BCUT2D eigenvalue weighted by atomic mass is 10.1. The summed E-state index contributed by atoms with van der Waals surface area (Å²) >= 11 is 0. The highest BCUT2D eigenvalue weighted by Crippen LogP contribution is 2.29. The van der Waals surface area contributed by atoms with Gasteiger partial charge in [0.1, 0.15) is 6.61 Å². The molecule has 0 aromatic heterocycles. The molecule has 2 aromatic rings. The van der Waals surface area contributed by atoms with Gasteiger partial charge in [0.05, 0.1) is 12.0 Å². The number of methoxy groups -OCH3 is 1. The average Bonchev–Trinajstić information content (AvgIpc) is 2.67. The van der Waals surface area contributed by atoms with Crippen molar-refractivity contribution >= 4 is 5.69 Å². The van der Waals surface area contributed by atoms with Crippen molar-refractivity contribution in [1.82, 2.24) is 10.2 Å². The first-order valence-corrected chi connectivity index (χ1v) is 9.04. The molecule has 0 spiro atoms. The van der Waals surface area contributed by atoms with E-state index in [1.165, 1.54) is 17.7 Å². The molecule has 0 aliphatic carbocycles. The molecule has 2 aromatic carbocycles. The molecule has 3 rings (SSSR count). The number of hydrogen-bond donors (Lipinski definition) is 1. The van der Waals surface area contributed by atoms with Crippen LogP contribution in [0.2, 0.25) is 0 Å². The van der Waals surface area contributed by atoms with Crippen molar-refractivity contribution in [3.63, 3.8) is 0 Å². The Morgan fingerprint density at radius 3 is 2.59 bits per heavy atom. The molecular weight excluding hydrogens is 346 g/mol. The molecule has 1 N–H and O–H groups in total. The lowest BCUT2D eigenvalue weighted by Crippen LogP contribution is -2.48. The van der Waals surface area contributed by atoms with Crippen LogP contribution < -0.4 is 14.8 Å². The number of ether oxygens (including phenoxy) is 2. The zero-order valence-corrected chi connectivity index (χ0v) is 15.7. The fourth-order valence-corrected chi connectivity index (χ4v) is 3.22. The molecule has 1 saturated heterocycles. The number of piperazine rings is 1. The van der Waals surface area contributed by atoms with E-state index in [0.29, 0.717) is 24.1 Å². The maximum atomic E-state index is 10.7. The number of rotatable bonds is 7. The number of hydrogen-bond acceptors (Lipinski definition) is 6. The molecule has 1 atom stereocenters. The molecule has 27 heavy (non-hydrogen) atoms. The molecule has 1 aliphatic rings. The molecule has 144 valence electrons. The van der Waals surface area contributed by atoms with Crippen LogP contribution in [0, 0.1) is 10.1 Å². The van der Waals surface area contributed by atoms with Crippen LogP contribution in [0.15, 0.2) is 42.5 Å². The topological polar surface area (TPSA) is 76.9 Å². The van der Waals surface area contributed by atoms with Gasteiger partial charge in [-0.2, -0.15) is 0 Å². The smallest absolute Gasteiger partial charge is 0.269 e. The molecule has 7 heteroatoms. The summed E-state index contributed by atoms with van der Waals surface area (Å²) in [5, 5.41) is 14.2. The van der Waals surface area contributed by atoms with Gasteiger partial charge in [-0.05, 0) is 42.3 Å². The molecule has 0 bridgehead atoms.